The van der Waals surface area contributed by atoms with E-state index < -0.39 is 64.4 Å². The average Bonchev–Trinajstić information content (AvgIpc) is 2.83. The quantitative estimate of drug-likeness (QED) is 0.506. The second-order valence-corrected chi connectivity index (χ2v) is 11.0. The first-order valence-corrected chi connectivity index (χ1v) is 11.2. The van der Waals surface area contributed by atoms with Gasteiger partial charge in [0.05, 0.1) is 17.6 Å². The van der Waals surface area contributed by atoms with Crippen LogP contribution in [-0.4, -0.2) is 52.4 Å². The van der Waals surface area contributed by atoms with Gasteiger partial charge < -0.3 is 19.7 Å². The van der Waals surface area contributed by atoms with Gasteiger partial charge in [0.15, 0.2) is 11.9 Å². The van der Waals surface area contributed by atoms with E-state index in [1.807, 2.05) is 20.8 Å². The lowest BCUT2D eigenvalue weighted by molar-refractivity contribution is -0.284. The summed E-state index contributed by atoms with van der Waals surface area (Å²) in [6, 6.07) is 0. The lowest BCUT2D eigenvalue weighted by Crippen LogP contribution is -2.74. The van der Waals surface area contributed by atoms with E-state index >= 15 is 0 Å². The van der Waals surface area contributed by atoms with Gasteiger partial charge in [0.1, 0.15) is 6.10 Å². The first-order chi connectivity index (χ1) is 14.3. The fourth-order valence-electron chi connectivity index (χ4n) is 8.14. The first kappa shape index (κ1) is 22.5. The summed E-state index contributed by atoms with van der Waals surface area (Å²) in [7, 11) is 0. The number of aliphatic hydroxyl groups excluding tert-OH is 2. The Morgan fingerprint density at radius 1 is 1.06 bits per heavy atom. The smallest absolute Gasteiger partial charge is 0.303 e. The van der Waals surface area contributed by atoms with Gasteiger partial charge in [-0.15, -0.1) is 0 Å². The van der Waals surface area contributed by atoms with Gasteiger partial charge in [-0.1, -0.05) is 27.4 Å². The minimum atomic E-state index is -1.19. The van der Waals surface area contributed by atoms with Crippen molar-refractivity contribution in [3.63, 3.8) is 0 Å². The Morgan fingerprint density at radius 2 is 1.68 bits per heavy atom. The molecule has 4 saturated carbocycles. The summed E-state index contributed by atoms with van der Waals surface area (Å²) in [5.41, 5.74) is -2.03. The number of esters is 2. The highest BCUT2D eigenvalue weighted by molar-refractivity contribution is 6.04. The zero-order chi connectivity index (χ0) is 23.1. The highest BCUT2D eigenvalue weighted by Gasteiger charge is 2.77. The standard InChI is InChI=1S/C24H34O7/c1-11-14-9-15(27)18-23(6)8-7-16(28)22(4,5)19(23)17(30-12(2)25)21(31-13(3)26)24(18,10-14)20(11)29/h14-19,21,27-28H,1,7-10H2,2-6H3/t14-,15+,16+,17-,18+,19-,21+,23+,24+/m1/s1. The highest BCUT2D eigenvalue weighted by atomic mass is 16.6. The second-order valence-electron chi connectivity index (χ2n) is 11.0. The molecule has 0 heterocycles. The molecule has 9 atom stereocenters. The zero-order valence-corrected chi connectivity index (χ0v) is 19.0. The SMILES string of the molecule is C=C1C(=O)[C@]23C[C@H]1C[C@H](O)[C@H]2[C@]1(C)CC[C@H](O)C(C)(C)[C@H]1[C@@H](OC(C)=O)[C@@H]3OC(C)=O. The fourth-order valence-corrected chi connectivity index (χ4v) is 8.14. The van der Waals surface area contributed by atoms with E-state index in [-0.39, 0.29) is 11.7 Å². The molecular weight excluding hydrogens is 400 g/mol. The van der Waals surface area contributed by atoms with Crippen molar-refractivity contribution in [2.24, 2.45) is 34.0 Å². The topological polar surface area (TPSA) is 110 Å². The van der Waals surface area contributed by atoms with E-state index in [1.165, 1.54) is 13.8 Å². The number of allylic oxidation sites excluding steroid dienone is 1. The van der Waals surface area contributed by atoms with E-state index in [4.69, 9.17) is 9.47 Å². The van der Waals surface area contributed by atoms with Gasteiger partial charge in [-0.25, -0.2) is 0 Å². The van der Waals surface area contributed by atoms with Gasteiger partial charge in [-0.05, 0) is 48.0 Å². The number of ketones is 1. The Balaban J connectivity index is 2.00. The summed E-state index contributed by atoms with van der Waals surface area (Å²) in [5, 5.41) is 22.3. The molecule has 7 nitrogen and oxygen atoms in total. The van der Waals surface area contributed by atoms with E-state index in [0.29, 0.717) is 31.3 Å². The number of Topliss-reactive ketones (excluding diaryl/α,β-unsaturated/α-hetero) is 1. The number of hydrogen-bond donors (Lipinski definition) is 2. The van der Waals surface area contributed by atoms with Crippen molar-refractivity contribution in [3.8, 4) is 0 Å². The molecule has 2 bridgehead atoms. The molecule has 0 amide bonds. The van der Waals surface area contributed by atoms with Crippen LogP contribution < -0.4 is 0 Å². The number of hydrogen-bond acceptors (Lipinski definition) is 7. The van der Waals surface area contributed by atoms with E-state index in [9.17, 15) is 24.6 Å². The average molecular weight is 435 g/mol. The minimum Gasteiger partial charge on any atom is -0.458 e. The van der Waals surface area contributed by atoms with Crippen LogP contribution in [0.2, 0.25) is 0 Å². The summed E-state index contributed by atoms with van der Waals surface area (Å²) in [6.45, 7) is 12.5. The van der Waals surface area contributed by atoms with Crippen molar-refractivity contribution in [1.82, 2.24) is 0 Å². The normalized spacial score (nSPS) is 47.9. The third-order valence-corrected chi connectivity index (χ3v) is 9.02. The van der Waals surface area contributed by atoms with Crippen LogP contribution in [0.15, 0.2) is 12.2 Å². The molecule has 0 saturated heterocycles. The van der Waals surface area contributed by atoms with Crippen LogP contribution >= 0.6 is 0 Å². The molecule has 0 aliphatic heterocycles. The molecule has 0 unspecified atom stereocenters. The Bertz CT molecular complexity index is 847. The first-order valence-electron chi connectivity index (χ1n) is 11.2. The maximum Gasteiger partial charge on any atom is 0.303 e. The van der Waals surface area contributed by atoms with Crippen LogP contribution in [0.3, 0.4) is 0 Å². The zero-order valence-electron chi connectivity index (χ0n) is 19.0. The summed E-state index contributed by atoms with van der Waals surface area (Å²) >= 11 is 0. The predicted octanol–water partition coefficient (Wildman–Crippen LogP) is 2.18. The molecule has 4 rings (SSSR count). The Labute approximate surface area is 183 Å². The molecule has 0 aromatic carbocycles. The van der Waals surface area contributed by atoms with Crippen molar-refractivity contribution < 1.29 is 34.1 Å². The monoisotopic (exact) mass is 434 g/mol. The maximum absolute atomic E-state index is 13.8. The summed E-state index contributed by atoms with van der Waals surface area (Å²) in [4.78, 5) is 38.2. The Morgan fingerprint density at radius 3 is 2.26 bits per heavy atom. The molecule has 0 radical (unpaired) electrons. The molecule has 4 fully saturated rings. The van der Waals surface area contributed by atoms with E-state index in [1.54, 1.807) is 0 Å². The third kappa shape index (κ3) is 2.81. The molecule has 172 valence electrons. The summed E-state index contributed by atoms with van der Waals surface area (Å²) < 4.78 is 11.7. The summed E-state index contributed by atoms with van der Waals surface area (Å²) in [6.07, 6.45) is -1.43. The lowest BCUT2D eigenvalue weighted by atomic mass is 9.38. The van der Waals surface area contributed by atoms with Crippen LogP contribution in [0.25, 0.3) is 0 Å². The van der Waals surface area contributed by atoms with Crippen molar-refractivity contribution in [1.29, 1.82) is 0 Å². The molecule has 0 aromatic heterocycles. The van der Waals surface area contributed by atoms with Crippen molar-refractivity contribution in [2.75, 3.05) is 0 Å². The van der Waals surface area contributed by atoms with Gasteiger partial charge in [0, 0.05) is 25.7 Å². The van der Waals surface area contributed by atoms with Crippen molar-refractivity contribution in [3.05, 3.63) is 12.2 Å². The molecule has 0 aromatic rings. The van der Waals surface area contributed by atoms with Gasteiger partial charge >= 0.3 is 11.9 Å². The molecule has 1 spiro atoms. The van der Waals surface area contributed by atoms with E-state index in [2.05, 4.69) is 6.58 Å². The molecule has 4 aliphatic rings. The number of aliphatic hydroxyl groups is 2. The van der Waals surface area contributed by atoms with Gasteiger partial charge in [0.2, 0.25) is 0 Å². The fraction of sp³-hybridized carbons (Fsp3) is 0.792. The van der Waals surface area contributed by atoms with Crippen LogP contribution in [-0.2, 0) is 23.9 Å². The number of ether oxygens (including phenoxy) is 2. The largest absolute Gasteiger partial charge is 0.458 e. The molecule has 2 N–H and O–H groups in total. The Kier molecular flexibility index (Phi) is 4.99. The van der Waals surface area contributed by atoms with Crippen molar-refractivity contribution in [2.45, 2.75) is 84.7 Å². The summed E-state index contributed by atoms with van der Waals surface area (Å²) in [5.74, 6) is -2.39. The Hall–Kier alpha value is -1.73. The molecule has 4 aliphatic carbocycles. The molecular formula is C24H34O7. The minimum absolute atomic E-state index is 0.183. The molecule has 31 heavy (non-hydrogen) atoms. The number of fused-ring (bicyclic) bond motifs is 3. The van der Waals surface area contributed by atoms with Crippen LogP contribution in [0.1, 0.15) is 60.3 Å². The van der Waals surface area contributed by atoms with Gasteiger partial charge in [-0.3, -0.25) is 14.4 Å². The predicted molar refractivity (Wildman–Crippen MR) is 111 cm³/mol. The van der Waals surface area contributed by atoms with E-state index in [0.717, 1.165) is 0 Å². The highest BCUT2D eigenvalue weighted by Crippen LogP contribution is 2.71. The second kappa shape index (κ2) is 6.88. The van der Waals surface area contributed by atoms with Crippen LogP contribution in [0, 0.1) is 34.0 Å². The van der Waals surface area contributed by atoms with Gasteiger partial charge in [-0.2, -0.15) is 0 Å². The maximum atomic E-state index is 13.8. The number of carbonyl (C=O) groups excluding carboxylic acids is 3. The lowest BCUT2D eigenvalue weighted by Gasteiger charge is -2.67. The van der Waals surface area contributed by atoms with Crippen LogP contribution in [0.5, 0.6) is 0 Å². The third-order valence-electron chi connectivity index (χ3n) is 9.02. The molecule has 7 heteroatoms. The van der Waals surface area contributed by atoms with Crippen molar-refractivity contribution >= 4 is 17.7 Å². The number of carbonyl (C=O) groups is 3. The van der Waals surface area contributed by atoms with Crippen LogP contribution in [0.4, 0.5) is 0 Å². The van der Waals surface area contributed by atoms with Gasteiger partial charge in [0.25, 0.3) is 0 Å². The number of rotatable bonds is 2.